The molecular weight excluding hydrogens is 340 g/mol. The van der Waals surface area contributed by atoms with Crippen LogP contribution in [-0.2, 0) is 0 Å². The van der Waals surface area contributed by atoms with Crippen molar-refractivity contribution in [3.63, 3.8) is 0 Å². The molecule has 1 aliphatic heterocycles. The molecule has 0 amide bonds. The Morgan fingerprint density at radius 2 is 1.50 bits per heavy atom. The Balaban J connectivity index is 1.61. The van der Waals surface area contributed by atoms with Gasteiger partial charge in [0.05, 0.1) is 0 Å². The summed E-state index contributed by atoms with van der Waals surface area (Å²) >= 11 is 3.49. The highest BCUT2D eigenvalue weighted by molar-refractivity contribution is 9.10. The SMILES string of the molecule is CC(c1ccc(Br)cc1)N1CCN(c2ccc(O)cc2)CC1. The molecule has 1 heterocycles. The first-order valence-corrected chi connectivity index (χ1v) is 8.46. The first-order chi connectivity index (χ1) is 10.6. The van der Waals surface area contributed by atoms with Crippen molar-refractivity contribution < 1.29 is 5.11 Å². The third kappa shape index (κ3) is 3.45. The molecule has 0 spiro atoms. The van der Waals surface area contributed by atoms with Crippen LogP contribution in [0.1, 0.15) is 18.5 Å². The largest absolute Gasteiger partial charge is 0.508 e. The zero-order valence-corrected chi connectivity index (χ0v) is 14.3. The van der Waals surface area contributed by atoms with E-state index < -0.39 is 0 Å². The van der Waals surface area contributed by atoms with Gasteiger partial charge in [-0.2, -0.15) is 0 Å². The van der Waals surface area contributed by atoms with Gasteiger partial charge in [-0.15, -0.1) is 0 Å². The zero-order valence-electron chi connectivity index (χ0n) is 12.7. The van der Waals surface area contributed by atoms with Crippen LogP contribution in [0.2, 0.25) is 0 Å². The highest BCUT2D eigenvalue weighted by Gasteiger charge is 2.22. The van der Waals surface area contributed by atoms with Crippen molar-refractivity contribution in [1.29, 1.82) is 0 Å². The van der Waals surface area contributed by atoms with Crippen LogP contribution in [0.4, 0.5) is 5.69 Å². The number of anilines is 1. The molecule has 116 valence electrons. The number of phenolic OH excluding ortho intramolecular Hbond substituents is 1. The van der Waals surface area contributed by atoms with Crippen LogP contribution in [0.15, 0.2) is 53.0 Å². The van der Waals surface area contributed by atoms with Crippen molar-refractivity contribution in [1.82, 2.24) is 4.90 Å². The van der Waals surface area contributed by atoms with Crippen LogP contribution in [0.5, 0.6) is 5.75 Å². The number of halogens is 1. The lowest BCUT2D eigenvalue weighted by atomic mass is 10.1. The second kappa shape index (κ2) is 6.71. The Morgan fingerprint density at radius 3 is 2.09 bits per heavy atom. The smallest absolute Gasteiger partial charge is 0.115 e. The molecule has 1 unspecified atom stereocenters. The standard InChI is InChI=1S/C18H21BrN2O/c1-14(15-2-4-16(19)5-3-15)20-10-12-21(13-11-20)17-6-8-18(22)9-7-17/h2-9,14,22H,10-13H2,1H3. The lowest BCUT2D eigenvalue weighted by Gasteiger charge is -2.39. The van der Waals surface area contributed by atoms with E-state index in [-0.39, 0.29) is 0 Å². The van der Waals surface area contributed by atoms with Gasteiger partial charge < -0.3 is 10.0 Å². The first kappa shape index (κ1) is 15.4. The first-order valence-electron chi connectivity index (χ1n) is 7.67. The van der Waals surface area contributed by atoms with Gasteiger partial charge >= 0.3 is 0 Å². The third-order valence-electron chi connectivity index (χ3n) is 4.43. The number of rotatable bonds is 3. The number of nitrogens with zero attached hydrogens (tertiary/aromatic N) is 2. The van der Waals surface area contributed by atoms with Gasteiger partial charge in [-0.05, 0) is 48.9 Å². The minimum Gasteiger partial charge on any atom is -0.508 e. The summed E-state index contributed by atoms with van der Waals surface area (Å²) in [4.78, 5) is 4.91. The van der Waals surface area contributed by atoms with E-state index in [0.29, 0.717) is 11.8 Å². The monoisotopic (exact) mass is 360 g/mol. The Bertz CT molecular complexity index is 604. The van der Waals surface area contributed by atoms with Crippen LogP contribution >= 0.6 is 15.9 Å². The van der Waals surface area contributed by atoms with E-state index >= 15 is 0 Å². The molecule has 1 N–H and O–H groups in total. The molecule has 22 heavy (non-hydrogen) atoms. The van der Waals surface area contributed by atoms with Crippen LogP contribution < -0.4 is 4.90 Å². The highest BCUT2D eigenvalue weighted by Crippen LogP contribution is 2.25. The highest BCUT2D eigenvalue weighted by atomic mass is 79.9. The molecule has 0 aromatic heterocycles. The van der Waals surface area contributed by atoms with Gasteiger partial charge in [0.1, 0.15) is 5.75 Å². The third-order valence-corrected chi connectivity index (χ3v) is 4.96. The van der Waals surface area contributed by atoms with E-state index in [1.807, 2.05) is 12.1 Å². The lowest BCUT2D eigenvalue weighted by molar-refractivity contribution is 0.198. The fourth-order valence-corrected chi connectivity index (χ4v) is 3.25. The van der Waals surface area contributed by atoms with E-state index in [0.717, 1.165) is 30.7 Å². The lowest BCUT2D eigenvalue weighted by Crippen LogP contribution is -2.47. The average Bonchev–Trinajstić information content (AvgIpc) is 2.56. The zero-order chi connectivity index (χ0) is 15.5. The van der Waals surface area contributed by atoms with E-state index in [9.17, 15) is 5.11 Å². The summed E-state index contributed by atoms with van der Waals surface area (Å²) in [5.74, 6) is 0.325. The fraction of sp³-hybridized carbons (Fsp3) is 0.333. The number of phenols is 1. The summed E-state index contributed by atoms with van der Waals surface area (Å²) in [7, 11) is 0. The molecule has 0 aliphatic carbocycles. The maximum absolute atomic E-state index is 9.39. The molecule has 3 nitrogen and oxygen atoms in total. The molecule has 0 radical (unpaired) electrons. The fourth-order valence-electron chi connectivity index (χ4n) is 2.98. The van der Waals surface area contributed by atoms with Crippen molar-refractivity contribution in [2.45, 2.75) is 13.0 Å². The Labute approximate surface area is 140 Å². The van der Waals surface area contributed by atoms with Crippen LogP contribution in [-0.4, -0.2) is 36.2 Å². The Hall–Kier alpha value is -1.52. The molecule has 4 heteroatoms. The van der Waals surface area contributed by atoms with Crippen LogP contribution in [0.3, 0.4) is 0 Å². The van der Waals surface area contributed by atoms with E-state index in [2.05, 4.69) is 56.9 Å². The molecular formula is C18H21BrN2O. The number of benzene rings is 2. The topological polar surface area (TPSA) is 26.7 Å². The summed E-state index contributed by atoms with van der Waals surface area (Å²) in [5, 5.41) is 9.39. The Kier molecular flexibility index (Phi) is 4.69. The van der Waals surface area contributed by atoms with Gasteiger partial charge in [-0.1, -0.05) is 28.1 Å². The van der Waals surface area contributed by atoms with Gasteiger partial charge in [0.25, 0.3) is 0 Å². The predicted molar refractivity (Wildman–Crippen MR) is 94.4 cm³/mol. The quantitative estimate of drug-likeness (QED) is 0.894. The summed E-state index contributed by atoms with van der Waals surface area (Å²) in [5.41, 5.74) is 2.55. The van der Waals surface area contributed by atoms with Crippen molar-refractivity contribution in [2.24, 2.45) is 0 Å². The van der Waals surface area contributed by atoms with Crippen molar-refractivity contribution in [2.75, 3.05) is 31.1 Å². The molecule has 2 aromatic carbocycles. The maximum atomic E-state index is 9.39. The summed E-state index contributed by atoms with van der Waals surface area (Å²) in [6.45, 7) is 6.42. The maximum Gasteiger partial charge on any atom is 0.115 e. The molecule has 2 aromatic rings. The van der Waals surface area contributed by atoms with Gasteiger partial charge in [0.15, 0.2) is 0 Å². The van der Waals surface area contributed by atoms with E-state index in [1.165, 1.54) is 11.3 Å². The number of hydrogen-bond donors (Lipinski definition) is 1. The van der Waals surface area contributed by atoms with Gasteiger partial charge in [-0.25, -0.2) is 0 Å². The molecule has 1 atom stereocenters. The predicted octanol–water partition coefficient (Wildman–Crippen LogP) is 4.04. The summed E-state index contributed by atoms with van der Waals surface area (Å²) < 4.78 is 1.13. The van der Waals surface area contributed by atoms with E-state index in [4.69, 9.17) is 0 Å². The number of aromatic hydroxyl groups is 1. The molecule has 1 aliphatic rings. The Morgan fingerprint density at radius 1 is 0.909 bits per heavy atom. The van der Waals surface area contributed by atoms with Gasteiger partial charge in [0, 0.05) is 42.4 Å². The second-order valence-corrected chi connectivity index (χ2v) is 6.68. The van der Waals surface area contributed by atoms with E-state index in [1.54, 1.807) is 12.1 Å². The van der Waals surface area contributed by atoms with Crippen molar-refractivity contribution in [3.8, 4) is 5.75 Å². The van der Waals surface area contributed by atoms with Crippen molar-refractivity contribution in [3.05, 3.63) is 58.6 Å². The molecule has 3 rings (SSSR count). The number of hydrogen-bond acceptors (Lipinski definition) is 3. The molecule has 1 saturated heterocycles. The second-order valence-electron chi connectivity index (χ2n) is 5.77. The van der Waals surface area contributed by atoms with Crippen molar-refractivity contribution >= 4 is 21.6 Å². The van der Waals surface area contributed by atoms with Gasteiger partial charge in [-0.3, -0.25) is 4.90 Å². The normalized spacial score (nSPS) is 17.5. The summed E-state index contributed by atoms with van der Waals surface area (Å²) in [6.07, 6.45) is 0. The number of piperazine rings is 1. The van der Waals surface area contributed by atoms with Crippen LogP contribution in [0.25, 0.3) is 0 Å². The molecule has 1 fully saturated rings. The van der Waals surface area contributed by atoms with Gasteiger partial charge in [0.2, 0.25) is 0 Å². The molecule has 0 saturated carbocycles. The summed E-state index contributed by atoms with van der Waals surface area (Å²) in [6, 6.07) is 16.5. The molecule has 0 bridgehead atoms. The minimum atomic E-state index is 0.325. The minimum absolute atomic E-state index is 0.325. The van der Waals surface area contributed by atoms with Crippen LogP contribution in [0, 0.1) is 0 Å². The average molecular weight is 361 g/mol.